The van der Waals surface area contributed by atoms with Crippen molar-refractivity contribution in [2.75, 3.05) is 12.9 Å². The lowest BCUT2D eigenvalue weighted by molar-refractivity contribution is -0.118. The number of hydrogen-bond donors (Lipinski definition) is 2. The molecule has 7 nitrogen and oxygen atoms in total. The molecule has 3 aromatic carbocycles. The van der Waals surface area contributed by atoms with E-state index in [2.05, 4.69) is 26.6 Å². The van der Waals surface area contributed by atoms with Gasteiger partial charge in [0.15, 0.2) is 16.7 Å². The molecule has 0 saturated heterocycles. The first-order valence-electron chi connectivity index (χ1n) is 10.4. The van der Waals surface area contributed by atoms with E-state index in [1.165, 1.54) is 17.3 Å². The summed E-state index contributed by atoms with van der Waals surface area (Å²) in [5.41, 5.74) is 7.29. The second-order valence-corrected chi connectivity index (χ2v) is 8.26. The second-order valence-electron chi connectivity index (χ2n) is 7.30. The number of aromatic amines is 1. The number of rotatable bonds is 9. The molecule has 4 rings (SSSR count). The van der Waals surface area contributed by atoms with E-state index in [0.29, 0.717) is 28.8 Å². The summed E-state index contributed by atoms with van der Waals surface area (Å²) in [5.74, 6) is 1.11. The molecule has 0 saturated carbocycles. The molecule has 2 N–H and O–H groups in total. The number of nitrogens with one attached hydrogen (secondary N) is 2. The van der Waals surface area contributed by atoms with Gasteiger partial charge in [-0.1, -0.05) is 59.8 Å². The lowest BCUT2D eigenvalue weighted by Crippen LogP contribution is -2.19. The van der Waals surface area contributed by atoms with Gasteiger partial charge in [0.1, 0.15) is 6.61 Å². The Hall–Kier alpha value is -3.78. The van der Waals surface area contributed by atoms with Crippen molar-refractivity contribution < 1.29 is 14.3 Å². The first-order valence-corrected chi connectivity index (χ1v) is 11.4. The van der Waals surface area contributed by atoms with Gasteiger partial charge in [0.2, 0.25) is 0 Å². The van der Waals surface area contributed by atoms with E-state index >= 15 is 0 Å². The molecule has 0 radical (unpaired) electrons. The summed E-state index contributed by atoms with van der Waals surface area (Å²) in [5, 5.41) is 4.79. The minimum absolute atomic E-state index is 0.186. The molecule has 1 aromatic heterocycles. The van der Waals surface area contributed by atoms with Crippen LogP contribution in [0.15, 0.2) is 77.0 Å². The summed E-state index contributed by atoms with van der Waals surface area (Å²) in [6.07, 6.45) is 1.55. The molecular weight excluding hydrogens is 436 g/mol. The summed E-state index contributed by atoms with van der Waals surface area (Å²) in [4.78, 5) is 19.9. The van der Waals surface area contributed by atoms with Gasteiger partial charge in [-0.2, -0.15) is 5.10 Å². The van der Waals surface area contributed by atoms with Crippen LogP contribution in [0.4, 0.5) is 0 Å². The Balaban J connectivity index is 1.37. The van der Waals surface area contributed by atoms with Crippen molar-refractivity contribution in [3.8, 4) is 11.5 Å². The van der Waals surface area contributed by atoms with E-state index in [1.54, 1.807) is 13.3 Å². The molecule has 168 valence electrons. The Labute approximate surface area is 196 Å². The van der Waals surface area contributed by atoms with Gasteiger partial charge in [-0.15, -0.1) is 0 Å². The highest BCUT2D eigenvalue weighted by Gasteiger charge is 2.11. The molecule has 1 amide bonds. The van der Waals surface area contributed by atoms with Gasteiger partial charge in [0, 0.05) is 5.56 Å². The standard InChI is InChI=1S/C25H24N4O3S/c1-17-7-5-8-18(13-17)15-32-24-19(9-6-12-22(24)31-2)14-26-29-23(30)16-33-25-27-20-10-3-4-11-21(20)28-25/h3-14H,15-16H2,1-2H3,(H,27,28)(H,29,30)/b26-14+. The van der Waals surface area contributed by atoms with Gasteiger partial charge in [0.05, 0.1) is 30.1 Å². The van der Waals surface area contributed by atoms with Crippen LogP contribution in [-0.2, 0) is 11.4 Å². The lowest BCUT2D eigenvalue weighted by Gasteiger charge is -2.13. The van der Waals surface area contributed by atoms with Gasteiger partial charge < -0.3 is 14.5 Å². The van der Waals surface area contributed by atoms with Crippen LogP contribution in [0.25, 0.3) is 11.0 Å². The molecule has 0 aliphatic heterocycles. The average molecular weight is 461 g/mol. The number of aromatic nitrogens is 2. The van der Waals surface area contributed by atoms with Crippen LogP contribution in [0.2, 0.25) is 0 Å². The third-order valence-corrected chi connectivity index (χ3v) is 5.67. The lowest BCUT2D eigenvalue weighted by atomic mass is 10.1. The molecule has 4 aromatic rings. The summed E-state index contributed by atoms with van der Waals surface area (Å²) in [6, 6.07) is 21.4. The fourth-order valence-corrected chi connectivity index (χ4v) is 3.92. The van der Waals surface area contributed by atoms with Gasteiger partial charge in [-0.25, -0.2) is 10.4 Å². The molecule has 0 aliphatic carbocycles. The number of hydrogen-bond acceptors (Lipinski definition) is 6. The normalized spacial score (nSPS) is 11.1. The van der Waals surface area contributed by atoms with Crippen molar-refractivity contribution in [3.05, 3.63) is 83.4 Å². The summed E-state index contributed by atoms with van der Waals surface area (Å²) < 4.78 is 11.5. The Morgan fingerprint density at radius 1 is 1.15 bits per heavy atom. The molecular formula is C25H24N4O3S. The van der Waals surface area contributed by atoms with Gasteiger partial charge in [-0.05, 0) is 36.8 Å². The van der Waals surface area contributed by atoms with Crippen molar-refractivity contribution in [1.82, 2.24) is 15.4 Å². The van der Waals surface area contributed by atoms with E-state index in [9.17, 15) is 4.79 Å². The fourth-order valence-electron chi connectivity index (χ4n) is 3.24. The number of carbonyl (C=O) groups excluding carboxylic acids is 1. The summed E-state index contributed by atoms with van der Waals surface area (Å²) in [6.45, 7) is 2.43. The molecule has 8 heteroatoms. The SMILES string of the molecule is COc1cccc(/C=N/NC(=O)CSc2nc3ccccc3[nH]2)c1OCc1cccc(C)c1. The molecule has 0 bridgehead atoms. The topological polar surface area (TPSA) is 88.6 Å². The monoisotopic (exact) mass is 460 g/mol. The number of para-hydroxylation sites is 3. The van der Waals surface area contributed by atoms with E-state index in [-0.39, 0.29) is 11.7 Å². The Morgan fingerprint density at radius 3 is 2.82 bits per heavy atom. The van der Waals surface area contributed by atoms with Crippen molar-refractivity contribution in [2.24, 2.45) is 5.10 Å². The van der Waals surface area contributed by atoms with Crippen LogP contribution in [0.3, 0.4) is 0 Å². The van der Waals surface area contributed by atoms with Crippen LogP contribution >= 0.6 is 11.8 Å². The van der Waals surface area contributed by atoms with Gasteiger partial charge in [-0.3, -0.25) is 4.79 Å². The maximum Gasteiger partial charge on any atom is 0.250 e. The molecule has 0 fully saturated rings. The zero-order valence-corrected chi connectivity index (χ0v) is 19.2. The van der Waals surface area contributed by atoms with Crippen LogP contribution in [0.1, 0.15) is 16.7 Å². The van der Waals surface area contributed by atoms with Crippen molar-refractivity contribution in [2.45, 2.75) is 18.7 Å². The average Bonchev–Trinajstić information content (AvgIpc) is 3.25. The first-order chi connectivity index (χ1) is 16.1. The van der Waals surface area contributed by atoms with Crippen molar-refractivity contribution >= 4 is 34.9 Å². The van der Waals surface area contributed by atoms with Crippen molar-refractivity contribution in [1.29, 1.82) is 0 Å². The van der Waals surface area contributed by atoms with Crippen LogP contribution in [-0.4, -0.2) is 35.0 Å². The molecule has 0 spiro atoms. The van der Waals surface area contributed by atoms with Crippen LogP contribution in [0.5, 0.6) is 11.5 Å². The number of amides is 1. The molecule has 0 aliphatic rings. The summed E-state index contributed by atoms with van der Waals surface area (Å²) in [7, 11) is 1.59. The summed E-state index contributed by atoms with van der Waals surface area (Å²) >= 11 is 1.32. The number of thioether (sulfide) groups is 1. The fraction of sp³-hybridized carbons (Fsp3) is 0.160. The highest BCUT2D eigenvalue weighted by molar-refractivity contribution is 7.99. The number of ether oxygens (including phenoxy) is 2. The number of H-pyrrole nitrogens is 1. The maximum atomic E-state index is 12.2. The van der Waals surface area contributed by atoms with E-state index in [4.69, 9.17) is 9.47 Å². The Kier molecular flexibility index (Phi) is 7.26. The molecule has 0 unspecified atom stereocenters. The zero-order chi connectivity index (χ0) is 23.0. The largest absolute Gasteiger partial charge is 0.493 e. The smallest absolute Gasteiger partial charge is 0.250 e. The zero-order valence-electron chi connectivity index (χ0n) is 18.4. The minimum atomic E-state index is -0.234. The third-order valence-electron chi connectivity index (χ3n) is 4.80. The Morgan fingerprint density at radius 2 is 2.00 bits per heavy atom. The maximum absolute atomic E-state index is 12.2. The Bertz CT molecular complexity index is 1250. The van der Waals surface area contributed by atoms with Crippen LogP contribution in [0, 0.1) is 6.92 Å². The number of benzene rings is 3. The number of aryl methyl sites for hydroxylation is 1. The van der Waals surface area contributed by atoms with Crippen LogP contribution < -0.4 is 14.9 Å². The predicted octanol–water partition coefficient (Wildman–Crippen LogP) is 4.70. The minimum Gasteiger partial charge on any atom is -0.493 e. The third kappa shape index (κ3) is 5.93. The number of imidazole rings is 1. The van der Waals surface area contributed by atoms with Crippen molar-refractivity contribution in [3.63, 3.8) is 0 Å². The van der Waals surface area contributed by atoms with E-state index in [1.807, 2.05) is 67.6 Å². The number of carbonyl (C=O) groups is 1. The second kappa shape index (κ2) is 10.7. The first kappa shape index (κ1) is 22.4. The molecule has 0 atom stereocenters. The van der Waals surface area contributed by atoms with E-state index in [0.717, 1.165) is 16.6 Å². The quantitative estimate of drug-likeness (QED) is 0.215. The van der Waals surface area contributed by atoms with Gasteiger partial charge in [0.25, 0.3) is 5.91 Å². The van der Waals surface area contributed by atoms with E-state index < -0.39 is 0 Å². The van der Waals surface area contributed by atoms with Gasteiger partial charge >= 0.3 is 0 Å². The molecule has 1 heterocycles. The number of methoxy groups -OCH3 is 1. The number of hydrazone groups is 1. The molecule has 33 heavy (non-hydrogen) atoms. The highest BCUT2D eigenvalue weighted by atomic mass is 32.2. The highest BCUT2D eigenvalue weighted by Crippen LogP contribution is 2.31. The number of nitrogens with zero attached hydrogens (tertiary/aromatic N) is 2. The predicted molar refractivity (Wildman–Crippen MR) is 131 cm³/mol. The number of fused-ring (bicyclic) bond motifs is 1.